The quantitative estimate of drug-likeness (QED) is 0.145. The van der Waals surface area contributed by atoms with Crippen LogP contribution in [0.1, 0.15) is 27.7 Å². The molecule has 0 fully saturated rings. The molecule has 15 heteroatoms. The predicted octanol–water partition coefficient (Wildman–Crippen LogP) is 0.975. The molecule has 0 aromatic rings. The molecule has 0 saturated heterocycles. The third kappa shape index (κ3) is 6.01. The first-order valence-corrected chi connectivity index (χ1v) is 13.5. The smallest absolute Gasteiger partial charge is 0.319 e. The third-order valence-electron chi connectivity index (χ3n) is 8.51. The number of rotatable bonds is 24. The van der Waals surface area contributed by atoms with Crippen molar-refractivity contribution >= 4 is 0 Å². The molecular formula is C28H58O15. The molecule has 0 aromatic carbocycles. The SMILES string of the molecule is COCC(C)(C)C(OC(C(C)(C)COC)(C(CO)(OC)OC)C(OC)(OC)OC)(C(CO)(OC)OC)C(OC)(OC)OC. The van der Waals surface area contributed by atoms with Gasteiger partial charge >= 0.3 is 11.9 Å². The average molecular weight is 635 g/mol. The van der Waals surface area contributed by atoms with Gasteiger partial charge in [-0.05, 0) is 0 Å². The Hall–Kier alpha value is -0.600. The van der Waals surface area contributed by atoms with Gasteiger partial charge in [-0.25, -0.2) is 0 Å². The van der Waals surface area contributed by atoms with Crippen molar-refractivity contribution < 1.29 is 71.8 Å². The first-order chi connectivity index (χ1) is 20.1. The van der Waals surface area contributed by atoms with Crippen LogP contribution in [0.5, 0.6) is 0 Å². The molecule has 0 bridgehead atoms. The van der Waals surface area contributed by atoms with Crippen molar-refractivity contribution in [3.8, 4) is 0 Å². The zero-order valence-corrected chi connectivity index (χ0v) is 29.0. The highest BCUT2D eigenvalue weighted by Crippen LogP contribution is 2.62. The van der Waals surface area contributed by atoms with E-state index in [0.29, 0.717) is 0 Å². The molecule has 0 heterocycles. The molecule has 2 N–H and O–H groups in total. The van der Waals surface area contributed by atoms with Crippen molar-refractivity contribution in [2.45, 2.75) is 62.4 Å². The van der Waals surface area contributed by atoms with E-state index in [2.05, 4.69) is 0 Å². The summed E-state index contributed by atoms with van der Waals surface area (Å²) in [5.74, 6) is -9.03. The molecule has 43 heavy (non-hydrogen) atoms. The van der Waals surface area contributed by atoms with Crippen LogP contribution in [0.2, 0.25) is 0 Å². The third-order valence-corrected chi connectivity index (χ3v) is 8.51. The fourth-order valence-corrected chi connectivity index (χ4v) is 6.62. The predicted molar refractivity (Wildman–Crippen MR) is 153 cm³/mol. The van der Waals surface area contributed by atoms with Gasteiger partial charge < -0.3 is 71.8 Å². The summed E-state index contributed by atoms with van der Waals surface area (Å²) in [6.07, 6.45) is 0. The van der Waals surface area contributed by atoms with Crippen LogP contribution in [0, 0.1) is 10.8 Å². The highest BCUT2D eigenvalue weighted by atomic mass is 16.9. The summed E-state index contributed by atoms with van der Waals surface area (Å²) >= 11 is 0. The molecule has 0 rings (SSSR count). The summed E-state index contributed by atoms with van der Waals surface area (Å²) in [5.41, 5.74) is -7.45. The van der Waals surface area contributed by atoms with Gasteiger partial charge in [-0.3, -0.25) is 0 Å². The lowest BCUT2D eigenvalue weighted by Crippen LogP contribution is -2.88. The molecule has 0 aliphatic rings. The Balaban J connectivity index is 9.41. The first kappa shape index (κ1) is 42.4. The largest absolute Gasteiger partial charge is 0.391 e. The fraction of sp³-hybridized carbons (Fsp3) is 1.00. The highest BCUT2D eigenvalue weighted by Gasteiger charge is 2.84. The summed E-state index contributed by atoms with van der Waals surface area (Å²) in [6.45, 7) is 4.93. The molecule has 0 aliphatic heterocycles. The molecule has 0 radical (unpaired) electrons. The Bertz CT molecular complexity index is 650. The topological polar surface area (TPSA) is 160 Å². The van der Waals surface area contributed by atoms with Crippen LogP contribution in [0.3, 0.4) is 0 Å². The second kappa shape index (κ2) is 16.3. The first-order valence-electron chi connectivity index (χ1n) is 13.5. The average Bonchev–Trinajstić information content (AvgIpc) is 3.00. The van der Waals surface area contributed by atoms with Gasteiger partial charge in [-0.1, -0.05) is 27.7 Å². The van der Waals surface area contributed by atoms with Gasteiger partial charge in [0.1, 0.15) is 13.2 Å². The van der Waals surface area contributed by atoms with Gasteiger partial charge in [0.05, 0.1) is 13.2 Å². The summed E-state index contributed by atoms with van der Waals surface area (Å²) in [5, 5.41) is 22.4. The lowest BCUT2D eigenvalue weighted by atomic mass is 9.63. The molecule has 0 spiro atoms. The molecule has 15 nitrogen and oxygen atoms in total. The summed E-state index contributed by atoms with van der Waals surface area (Å²) in [4.78, 5) is 0. The molecule has 0 amide bonds. The molecule has 0 aromatic heterocycles. The maximum absolute atomic E-state index is 11.2. The summed E-state index contributed by atoms with van der Waals surface area (Å²) < 4.78 is 78.8. The monoisotopic (exact) mass is 634 g/mol. The van der Waals surface area contributed by atoms with Crippen molar-refractivity contribution in [2.75, 3.05) is 112 Å². The minimum atomic E-state index is -2.33. The molecule has 2 atom stereocenters. The minimum Gasteiger partial charge on any atom is -0.391 e. The van der Waals surface area contributed by atoms with E-state index in [1.165, 1.54) is 85.3 Å². The van der Waals surface area contributed by atoms with E-state index in [1.807, 2.05) is 0 Å². The number of aliphatic hydroxyl groups is 2. The van der Waals surface area contributed by atoms with Crippen LogP contribution in [-0.2, 0) is 61.6 Å². The van der Waals surface area contributed by atoms with Crippen LogP contribution in [-0.4, -0.2) is 157 Å². The van der Waals surface area contributed by atoms with Crippen LogP contribution >= 0.6 is 0 Å². The van der Waals surface area contributed by atoms with Gasteiger partial charge in [0.15, 0.2) is 0 Å². The summed E-state index contributed by atoms with van der Waals surface area (Å²) in [6, 6.07) is 0. The van der Waals surface area contributed by atoms with Crippen LogP contribution in [0.15, 0.2) is 0 Å². The van der Waals surface area contributed by atoms with Crippen molar-refractivity contribution in [3.63, 3.8) is 0 Å². The summed E-state index contributed by atoms with van der Waals surface area (Å²) in [7, 11) is 15.9. The zero-order chi connectivity index (χ0) is 34.0. The Morgan fingerprint density at radius 1 is 0.395 bits per heavy atom. The standard InChI is InChI=1S/C28H58O15/c1-21(2,19-31-5)25(23(17-29,33-7)34-8,27(37-11,38-12)39-13)43-26(22(3,4)20-32-6,24(18-30,35-9)36-10)28(40-14,41-15)42-16/h29-30H,17-20H2,1-16H3. The van der Waals surface area contributed by atoms with Crippen LogP contribution in [0.25, 0.3) is 0 Å². The van der Waals surface area contributed by atoms with Gasteiger partial charge in [-0.15, -0.1) is 0 Å². The Labute approximate surface area is 257 Å². The number of hydrogen-bond acceptors (Lipinski definition) is 15. The molecular weight excluding hydrogens is 576 g/mol. The second-order valence-electron chi connectivity index (χ2n) is 11.1. The fourth-order valence-electron chi connectivity index (χ4n) is 6.62. The molecule has 2 unspecified atom stereocenters. The number of methoxy groups -OCH3 is 12. The molecule has 0 aliphatic carbocycles. The lowest BCUT2D eigenvalue weighted by Gasteiger charge is -2.67. The second-order valence-corrected chi connectivity index (χ2v) is 11.1. The number of hydrogen-bond donors (Lipinski definition) is 2. The maximum Gasteiger partial charge on any atom is 0.319 e. The van der Waals surface area contributed by atoms with E-state index in [-0.39, 0.29) is 13.2 Å². The van der Waals surface area contributed by atoms with Gasteiger partial charge in [0, 0.05) is 96.1 Å². The van der Waals surface area contributed by atoms with Crippen LogP contribution < -0.4 is 0 Å². The Morgan fingerprint density at radius 3 is 0.767 bits per heavy atom. The van der Waals surface area contributed by atoms with Gasteiger partial charge in [0.25, 0.3) is 0 Å². The van der Waals surface area contributed by atoms with E-state index < -0.39 is 58.8 Å². The maximum atomic E-state index is 11.2. The Kier molecular flexibility index (Phi) is 16.1. The van der Waals surface area contributed by atoms with Crippen molar-refractivity contribution in [1.82, 2.24) is 0 Å². The normalized spacial score (nSPS) is 17.2. The van der Waals surface area contributed by atoms with E-state index in [4.69, 9.17) is 61.6 Å². The Morgan fingerprint density at radius 2 is 0.628 bits per heavy atom. The molecule has 260 valence electrons. The van der Waals surface area contributed by atoms with Crippen molar-refractivity contribution in [2.24, 2.45) is 10.8 Å². The lowest BCUT2D eigenvalue weighted by molar-refractivity contribution is -0.574. The van der Waals surface area contributed by atoms with E-state index in [9.17, 15) is 10.2 Å². The van der Waals surface area contributed by atoms with Crippen molar-refractivity contribution in [1.29, 1.82) is 0 Å². The van der Waals surface area contributed by atoms with E-state index in [1.54, 1.807) is 27.7 Å². The zero-order valence-electron chi connectivity index (χ0n) is 29.0. The highest BCUT2D eigenvalue weighted by molar-refractivity contribution is 5.20. The van der Waals surface area contributed by atoms with E-state index in [0.717, 1.165) is 0 Å². The van der Waals surface area contributed by atoms with Gasteiger partial charge in [-0.2, -0.15) is 0 Å². The van der Waals surface area contributed by atoms with E-state index >= 15 is 0 Å². The van der Waals surface area contributed by atoms with Crippen LogP contribution in [0.4, 0.5) is 0 Å². The minimum absolute atomic E-state index is 0.105. The molecule has 0 saturated carbocycles. The van der Waals surface area contributed by atoms with Gasteiger partial charge in [0.2, 0.25) is 22.8 Å². The number of aliphatic hydroxyl groups excluding tert-OH is 2. The number of ether oxygens (including phenoxy) is 13. The van der Waals surface area contributed by atoms with Crippen molar-refractivity contribution in [3.05, 3.63) is 0 Å².